The summed E-state index contributed by atoms with van der Waals surface area (Å²) in [5, 5.41) is 34.5. The summed E-state index contributed by atoms with van der Waals surface area (Å²) in [5.74, 6) is 8.32. The van der Waals surface area contributed by atoms with Gasteiger partial charge in [0.05, 0.1) is 107 Å². The second-order valence-electron chi connectivity index (χ2n) is 32.1. The van der Waals surface area contributed by atoms with Crippen LogP contribution in [-0.2, 0) is 59.7 Å². The third kappa shape index (κ3) is 24.1. The first-order valence-corrected chi connectivity index (χ1v) is 45.9. The molecule has 12 heterocycles. The van der Waals surface area contributed by atoms with Crippen molar-refractivity contribution in [1.82, 2.24) is 99.0 Å². The van der Waals surface area contributed by atoms with Crippen LogP contribution in [0.4, 0.5) is 50.9 Å². The van der Waals surface area contributed by atoms with Gasteiger partial charge in [-0.1, -0.05) is 39.9 Å². The molecule has 4 fully saturated rings. The number of nitrogens with zero attached hydrogens (tertiary/aromatic N) is 21. The third-order valence-corrected chi connectivity index (χ3v) is 24.4. The first kappa shape index (κ1) is 91.2. The van der Waals surface area contributed by atoms with E-state index in [0.717, 1.165) is 88.5 Å². The van der Waals surface area contributed by atoms with Crippen LogP contribution >= 0.6 is 15.9 Å². The van der Waals surface area contributed by atoms with Crippen molar-refractivity contribution >= 4 is 128 Å². The summed E-state index contributed by atoms with van der Waals surface area (Å²) in [6.07, 6.45) is 35.2. The fourth-order valence-corrected chi connectivity index (χ4v) is 17.1. The minimum atomic E-state index is -2.91. The molecule has 4 saturated heterocycles. The van der Waals surface area contributed by atoms with E-state index in [0.29, 0.717) is 188 Å². The van der Waals surface area contributed by atoms with Gasteiger partial charge in [-0.15, -0.1) is 12.8 Å². The summed E-state index contributed by atoms with van der Waals surface area (Å²) in [7, 11) is 0.876. The Bertz CT molecular complexity index is 7050. The number of hydrogen-bond donors (Lipinski definition) is 4. The molecule has 0 radical (unpaired) electrons. The number of halogens is 2. The molecule has 678 valence electrons. The Kier molecular flexibility index (Phi) is 28.8. The second kappa shape index (κ2) is 42.6. The van der Waals surface area contributed by atoms with E-state index >= 15 is 0 Å². The van der Waals surface area contributed by atoms with Gasteiger partial charge in [0.25, 0.3) is 11.8 Å². The molecule has 36 heteroatoms. The number of ether oxygens (including phenoxy) is 4. The summed E-state index contributed by atoms with van der Waals surface area (Å²) in [4.78, 5) is 86.1. The molecule has 2 amide bonds. The molecule has 4 aliphatic heterocycles. The quantitative estimate of drug-likeness (QED) is 0.0458. The zero-order chi connectivity index (χ0) is 93.2. The van der Waals surface area contributed by atoms with Crippen molar-refractivity contribution in [2.75, 3.05) is 112 Å². The number of anilines is 8. The van der Waals surface area contributed by atoms with Gasteiger partial charge in [-0.25, -0.2) is 52.7 Å². The zero-order valence-electron chi connectivity index (χ0n) is 73.4. The van der Waals surface area contributed by atoms with Crippen LogP contribution in [0.15, 0.2) is 237 Å². The number of terminal acetylenes is 2. The lowest BCUT2D eigenvalue weighted by molar-refractivity contribution is 0.0301. The highest BCUT2D eigenvalue weighted by atomic mass is 79.9. The number of nitriles is 1. The lowest BCUT2D eigenvalue weighted by Gasteiger charge is -2.27. The number of nitrogens with one attached hydrogen (secondary N) is 4. The van der Waals surface area contributed by atoms with Crippen molar-refractivity contribution in [3.8, 4) is 64.5 Å². The fourth-order valence-electron chi connectivity index (χ4n) is 15.5. The van der Waals surface area contributed by atoms with E-state index in [-0.39, 0.29) is 36.5 Å². The molecular formula is C99H89BrFN25O8S. The average Bonchev–Trinajstić information content (AvgIpc) is 1.31. The minimum absolute atomic E-state index is 0.0249. The van der Waals surface area contributed by atoms with E-state index in [2.05, 4.69) is 171 Å². The predicted molar refractivity (Wildman–Crippen MR) is 515 cm³/mol. The van der Waals surface area contributed by atoms with Crippen molar-refractivity contribution in [3.05, 3.63) is 287 Å². The average molecular weight is 1890 g/mol. The molecule has 33 nitrogen and oxygen atoms in total. The van der Waals surface area contributed by atoms with E-state index in [1.165, 1.54) is 0 Å². The first-order chi connectivity index (χ1) is 65.8. The van der Waals surface area contributed by atoms with Gasteiger partial charge >= 0.3 is 0 Å². The fraction of sp³-hybridized carbons (Fsp3) is 0.222. The van der Waals surface area contributed by atoms with Gasteiger partial charge in [0.15, 0.2) is 9.84 Å². The third-order valence-electron chi connectivity index (χ3n) is 22.3. The number of benzene rings is 8. The van der Waals surface area contributed by atoms with Gasteiger partial charge in [0, 0.05) is 230 Å². The van der Waals surface area contributed by atoms with Gasteiger partial charge in [0.2, 0.25) is 23.8 Å². The number of carbonyl (C=O) groups excluding carboxylic acids is 2. The Balaban J connectivity index is 0.000000125. The maximum Gasteiger partial charge on any atom is 0.254 e. The maximum absolute atomic E-state index is 13.7. The molecule has 8 aromatic carbocycles. The molecule has 135 heavy (non-hydrogen) atoms. The Labute approximate surface area is 784 Å². The van der Waals surface area contributed by atoms with Gasteiger partial charge < -0.3 is 50.0 Å². The number of alkyl halides is 1. The predicted octanol–water partition coefficient (Wildman–Crippen LogP) is 14.3. The number of hydrogen-bond acceptors (Lipinski definition) is 29. The normalized spacial score (nSPS) is 14.7. The van der Waals surface area contributed by atoms with Crippen LogP contribution in [0.2, 0.25) is 0 Å². The monoisotopic (exact) mass is 1890 g/mol. The van der Waals surface area contributed by atoms with Crippen LogP contribution in [0, 0.1) is 36.0 Å². The standard InChI is InChI=1S/C26H22N6O3.C25H23FN6.C25H21N7O3.C23H23BrN6O2S/c1-2-18-12-20-15-29-26(31-23(20)14-24(18)35-17-22-16-27-6-7-28-22)30-21-5-3-4-19(13-21)25(33)32-8-10-34-11-9-32;1-3-17-4-5-24-20(8-17)12-27-25(30-24)29-23-10-18(14-32-7-6-22(26)16-32)9-19(11-23)21-13-28-31(2)15-21;26-13-18-10-19-14-29-25(31-22(19)12-23(18)35-16-21-15-27-4-5-28-21)30-20-3-1-2-17(11-20)24(33)32-6-8-34-9-7-32;1-29-15-19(13-26-29)17-8-16(14-30-4-6-33(31,32)7-5-30)9-21(11-17)27-23-25-12-18-10-20(24)2-3-22(18)28-23/h1,3-7,12-16H,8-11,17H2,(H,29,30,31);1,4-5,8-13,15,22H,6-7,14,16H2,2H3,(H,27,29,30);1-5,10-12,14-15H,6-9,16H2,(H,29,30,31);2-3,8-13,15H,4-7,14H2,1H3,(H,25,27,28)/t;22-;;/m.0../s1. The van der Waals surface area contributed by atoms with Crippen LogP contribution in [0.5, 0.6) is 11.5 Å². The van der Waals surface area contributed by atoms with Gasteiger partial charge in [-0.05, 0) is 150 Å². The van der Waals surface area contributed by atoms with E-state index in [9.17, 15) is 27.7 Å². The maximum atomic E-state index is 13.7. The molecule has 0 unspecified atom stereocenters. The van der Waals surface area contributed by atoms with Crippen molar-refractivity contribution in [2.24, 2.45) is 14.1 Å². The number of carbonyl (C=O) groups is 2. The highest BCUT2D eigenvalue weighted by molar-refractivity contribution is 9.10. The highest BCUT2D eigenvalue weighted by Gasteiger charge is 2.26. The zero-order valence-corrected chi connectivity index (χ0v) is 75.8. The second-order valence-corrected chi connectivity index (χ2v) is 35.3. The number of morpholine rings is 2. The van der Waals surface area contributed by atoms with Crippen molar-refractivity contribution in [2.45, 2.75) is 38.9 Å². The number of fused-ring (bicyclic) bond motifs is 4. The lowest BCUT2D eigenvalue weighted by Crippen LogP contribution is -2.40. The highest BCUT2D eigenvalue weighted by Crippen LogP contribution is 2.34. The van der Waals surface area contributed by atoms with Crippen LogP contribution in [0.1, 0.15) is 66.3 Å². The van der Waals surface area contributed by atoms with E-state index < -0.39 is 16.0 Å². The number of aromatic nitrogens is 16. The molecule has 0 bridgehead atoms. The summed E-state index contributed by atoms with van der Waals surface area (Å²) < 4.78 is 64.2. The summed E-state index contributed by atoms with van der Waals surface area (Å²) in [5.41, 5.74) is 16.6. The number of amides is 2. The van der Waals surface area contributed by atoms with Crippen LogP contribution in [0.25, 0.3) is 65.9 Å². The number of aryl methyl sites for hydroxylation is 2. The van der Waals surface area contributed by atoms with Gasteiger partial charge in [-0.3, -0.25) is 48.7 Å². The van der Waals surface area contributed by atoms with Crippen molar-refractivity contribution in [1.29, 1.82) is 5.26 Å². The van der Waals surface area contributed by atoms with E-state index in [1.54, 1.807) is 124 Å². The SMILES string of the molecule is C#Cc1cc2cnc(Nc3cccc(C(=O)N4CCOCC4)c3)nc2cc1OCc1cnccn1.C#Cc1ccc2nc(Nc3cc(CN4CC[C@H](F)C4)cc(-c4cnn(C)c4)c3)ncc2c1.Cn1cc(-c2cc(CN3CCS(=O)(=O)CC3)cc(Nc3ncc4cc(Br)ccc4n3)c2)cn1.N#Cc1cc2cnc(Nc3cccc(C(=O)N4CCOCC4)c3)nc2cc1OCc1cnccn1. The van der Waals surface area contributed by atoms with Crippen LogP contribution in [0.3, 0.4) is 0 Å². The van der Waals surface area contributed by atoms with Gasteiger partial charge in [0.1, 0.15) is 37.0 Å². The Morgan fingerprint density at radius 2 is 0.956 bits per heavy atom. The van der Waals surface area contributed by atoms with E-state index in [1.807, 2.05) is 106 Å². The Hall–Kier alpha value is -15.8. The molecular weight excluding hydrogens is 1800 g/mol. The summed E-state index contributed by atoms with van der Waals surface area (Å²) in [6.45, 7) is 8.66. The molecule has 1 atom stereocenters. The smallest absolute Gasteiger partial charge is 0.254 e. The molecule has 0 saturated carbocycles. The molecule has 0 spiro atoms. The molecule has 4 aliphatic rings. The van der Waals surface area contributed by atoms with Crippen LogP contribution < -0.4 is 30.7 Å². The Morgan fingerprint density at radius 1 is 0.489 bits per heavy atom. The summed E-state index contributed by atoms with van der Waals surface area (Å²) in [6, 6.07) is 47.7. The molecule has 16 aromatic rings. The first-order valence-electron chi connectivity index (χ1n) is 43.2. The summed E-state index contributed by atoms with van der Waals surface area (Å²) >= 11 is 3.48. The number of sulfone groups is 1. The van der Waals surface area contributed by atoms with Crippen molar-refractivity contribution < 1.29 is 41.3 Å². The number of rotatable bonds is 22. The topological polar surface area (TPSA) is 380 Å². The largest absolute Gasteiger partial charge is 0.486 e. The number of likely N-dealkylation sites (tertiary alicyclic amines) is 1. The van der Waals surface area contributed by atoms with Crippen LogP contribution in [-0.4, -0.2) is 216 Å². The van der Waals surface area contributed by atoms with Crippen molar-refractivity contribution in [3.63, 3.8) is 0 Å². The molecule has 20 rings (SSSR count). The van der Waals surface area contributed by atoms with E-state index in [4.69, 9.17) is 31.8 Å². The lowest BCUT2D eigenvalue weighted by atomic mass is 10.0. The van der Waals surface area contributed by atoms with Gasteiger partial charge in [-0.2, -0.15) is 15.5 Å². The Morgan fingerprint density at radius 3 is 1.41 bits per heavy atom. The molecule has 0 aliphatic carbocycles. The molecule has 4 N–H and O–H groups in total. The molecule has 8 aromatic heterocycles. The minimum Gasteiger partial charge on any atom is -0.486 e.